The van der Waals surface area contributed by atoms with Crippen LogP contribution >= 0.6 is 11.8 Å². The van der Waals surface area contributed by atoms with Crippen molar-refractivity contribution in [2.45, 2.75) is 64.1 Å². The smallest absolute Gasteiger partial charge is 0.237 e. The minimum absolute atomic E-state index is 0.0490. The van der Waals surface area contributed by atoms with Gasteiger partial charge in [0.15, 0.2) is 22.9 Å². The molecule has 0 aliphatic rings. The van der Waals surface area contributed by atoms with E-state index in [2.05, 4.69) is 29.4 Å². The number of aromatic nitrogens is 3. The van der Waals surface area contributed by atoms with Gasteiger partial charge >= 0.3 is 0 Å². The van der Waals surface area contributed by atoms with Crippen molar-refractivity contribution in [1.29, 1.82) is 0 Å². The second-order valence-corrected chi connectivity index (χ2v) is 10.1. The quantitative estimate of drug-likeness (QED) is 0.243. The molecule has 0 saturated heterocycles. The third-order valence-corrected chi connectivity index (χ3v) is 6.80. The third-order valence-electron chi connectivity index (χ3n) is 5.46. The molecule has 0 aliphatic carbocycles. The highest BCUT2D eigenvalue weighted by atomic mass is 32.2. The minimum atomic E-state index is -0.386. The Morgan fingerprint density at radius 2 is 1.78 bits per heavy atom. The van der Waals surface area contributed by atoms with Gasteiger partial charge in [0.1, 0.15) is 11.5 Å². The number of carbonyl (C=O) groups excluding carboxylic acids is 2. The maximum absolute atomic E-state index is 13.1. The van der Waals surface area contributed by atoms with E-state index in [1.54, 1.807) is 31.4 Å². The molecule has 36 heavy (non-hydrogen) atoms. The van der Waals surface area contributed by atoms with Gasteiger partial charge in [-0.25, -0.2) is 0 Å². The number of benzene rings is 2. The minimum Gasteiger partial charge on any atom is -0.497 e. The van der Waals surface area contributed by atoms with Crippen LogP contribution in [-0.4, -0.2) is 38.8 Å². The number of amides is 1. The van der Waals surface area contributed by atoms with Gasteiger partial charge < -0.3 is 19.4 Å². The van der Waals surface area contributed by atoms with Gasteiger partial charge in [-0.05, 0) is 50.5 Å². The molecular formula is C27H34N4O4S. The molecular weight excluding hydrogens is 476 g/mol. The SMILES string of the molecule is CCC(Sc1nnc(C(C)Oc2cccc(OC)c2)n1CC(C)C)C(=O)Nc1cccc(C(C)=O)c1. The summed E-state index contributed by atoms with van der Waals surface area (Å²) < 4.78 is 13.5. The number of hydrogen-bond donors (Lipinski definition) is 1. The van der Waals surface area contributed by atoms with Gasteiger partial charge in [0.05, 0.1) is 12.4 Å². The lowest BCUT2D eigenvalue weighted by atomic mass is 10.1. The summed E-state index contributed by atoms with van der Waals surface area (Å²) in [5.74, 6) is 2.22. The molecule has 0 radical (unpaired) electrons. The standard InChI is InChI=1S/C27H34N4O4S/c1-7-24(26(33)28-21-11-8-10-20(14-21)18(4)32)36-27-30-29-25(31(27)16-17(2)3)19(5)35-23-13-9-12-22(15-23)34-6/h8-15,17,19,24H,7,16H2,1-6H3,(H,28,33). The van der Waals surface area contributed by atoms with E-state index in [1.165, 1.54) is 18.7 Å². The van der Waals surface area contributed by atoms with E-state index >= 15 is 0 Å². The number of thioether (sulfide) groups is 1. The summed E-state index contributed by atoms with van der Waals surface area (Å²) in [4.78, 5) is 24.8. The summed E-state index contributed by atoms with van der Waals surface area (Å²) in [5, 5.41) is 12.1. The summed E-state index contributed by atoms with van der Waals surface area (Å²) in [6.07, 6.45) is 0.240. The first-order valence-corrected chi connectivity index (χ1v) is 12.9. The molecule has 3 rings (SSSR count). The lowest BCUT2D eigenvalue weighted by molar-refractivity contribution is -0.115. The number of carbonyl (C=O) groups is 2. The number of methoxy groups -OCH3 is 1. The molecule has 1 N–H and O–H groups in total. The lowest BCUT2D eigenvalue weighted by Gasteiger charge is -2.19. The molecule has 8 nitrogen and oxygen atoms in total. The van der Waals surface area contributed by atoms with E-state index < -0.39 is 0 Å². The van der Waals surface area contributed by atoms with E-state index in [-0.39, 0.29) is 23.0 Å². The number of anilines is 1. The van der Waals surface area contributed by atoms with Crippen molar-refractivity contribution >= 4 is 29.1 Å². The Hall–Kier alpha value is -3.33. The maximum atomic E-state index is 13.1. The number of ether oxygens (including phenoxy) is 2. The Labute approximate surface area is 216 Å². The first kappa shape index (κ1) is 27.3. The van der Waals surface area contributed by atoms with Crippen LogP contribution in [0.15, 0.2) is 53.7 Å². The Morgan fingerprint density at radius 3 is 2.44 bits per heavy atom. The average molecular weight is 511 g/mol. The molecule has 0 fully saturated rings. The predicted octanol–water partition coefficient (Wildman–Crippen LogP) is 5.79. The number of rotatable bonds is 12. The van der Waals surface area contributed by atoms with Gasteiger partial charge in [-0.15, -0.1) is 10.2 Å². The van der Waals surface area contributed by atoms with Crippen molar-refractivity contribution < 1.29 is 19.1 Å². The maximum Gasteiger partial charge on any atom is 0.237 e. The van der Waals surface area contributed by atoms with Crippen molar-refractivity contribution in [3.8, 4) is 11.5 Å². The predicted molar refractivity (Wildman–Crippen MR) is 142 cm³/mol. The highest BCUT2D eigenvalue weighted by Crippen LogP contribution is 2.30. The Kier molecular flexibility index (Phi) is 9.52. The zero-order valence-corrected chi connectivity index (χ0v) is 22.5. The Morgan fingerprint density at radius 1 is 1.06 bits per heavy atom. The van der Waals surface area contributed by atoms with Gasteiger partial charge in [0, 0.05) is 23.9 Å². The monoisotopic (exact) mass is 510 g/mol. The second-order valence-electron chi connectivity index (χ2n) is 8.93. The average Bonchev–Trinajstić information content (AvgIpc) is 3.24. The van der Waals surface area contributed by atoms with Crippen LogP contribution in [-0.2, 0) is 11.3 Å². The van der Waals surface area contributed by atoms with Crippen molar-refractivity contribution in [3.05, 3.63) is 59.9 Å². The fourth-order valence-electron chi connectivity index (χ4n) is 3.64. The molecule has 0 saturated carbocycles. The Bertz CT molecular complexity index is 1190. The zero-order chi connectivity index (χ0) is 26.2. The fraction of sp³-hybridized carbons (Fsp3) is 0.407. The van der Waals surface area contributed by atoms with Crippen LogP contribution in [0.3, 0.4) is 0 Å². The normalized spacial score (nSPS) is 12.8. The third kappa shape index (κ3) is 7.10. The topological polar surface area (TPSA) is 95.3 Å². The van der Waals surface area contributed by atoms with Gasteiger partial charge in [-0.2, -0.15) is 0 Å². The molecule has 1 amide bonds. The number of Topliss-reactive ketones (excluding diaryl/α,β-unsaturated/α-hetero) is 1. The molecule has 2 aromatic carbocycles. The summed E-state index contributed by atoms with van der Waals surface area (Å²) in [6, 6.07) is 14.4. The molecule has 2 atom stereocenters. The molecule has 0 aliphatic heterocycles. The molecule has 0 bridgehead atoms. The first-order valence-electron chi connectivity index (χ1n) is 12.0. The van der Waals surface area contributed by atoms with Gasteiger partial charge in [0.25, 0.3) is 0 Å². The number of nitrogens with zero attached hydrogens (tertiary/aromatic N) is 3. The lowest BCUT2D eigenvalue weighted by Crippen LogP contribution is -2.25. The van der Waals surface area contributed by atoms with E-state index in [1.807, 2.05) is 42.7 Å². The molecule has 1 heterocycles. The summed E-state index contributed by atoms with van der Waals surface area (Å²) in [5.41, 5.74) is 1.15. The molecule has 0 spiro atoms. The largest absolute Gasteiger partial charge is 0.497 e. The van der Waals surface area contributed by atoms with Gasteiger partial charge in [-0.3, -0.25) is 9.59 Å². The molecule has 3 aromatic rings. The first-order chi connectivity index (χ1) is 17.2. The summed E-state index contributed by atoms with van der Waals surface area (Å²) in [6.45, 7) is 10.3. The van der Waals surface area contributed by atoms with Gasteiger partial charge in [0.2, 0.25) is 5.91 Å². The Balaban J connectivity index is 1.79. The van der Waals surface area contributed by atoms with Gasteiger partial charge in [-0.1, -0.05) is 50.7 Å². The van der Waals surface area contributed by atoms with E-state index in [9.17, 15) is 9.59 Å². The van der Waals surface area contributed by atoms with E-state index in [4.69, 9.17) is 9.47 Å². The van der Waals surface area contributed by atoms with Crippen molar-refractivity contribution in [3.63, 3.8) is 0 Å². The highest BCUT2D eigenvalue weighted by molar-refractivity contribution is 8.00. The van der Waals surface area contributed by atoms with Crippen LogP contribution in [0.5, 0.6) is 11.5 Å². The summed E-state index contributed by atoms with van der Waals surface area (Å²) in [7, 11) is 1.62. The van der Waals surface area contributed by atoms with Crippen molar-refractivity contribution in [1.82, 2.24) is 14.8 Å². The molecule has 9 heteroatoms. The van der Waals surface area contributed by atoms with Crippen LogP contribution in [0.25, 0.3) is 0 Å². The number of hydrogen-bond acceptors (Lipinski definition) is 7. The summed E-state index contributed by atoms with van der Waals surface area (Å²) >= 11 is 1.38. The second kappa shape index (κ2) is 12.6. The van der Waals surface area contributed by atoms with Crippen LogP contribution in [0.1, 0.15) is 63.3 Å². The van der Waals surface area contributed by atoms with Crippen molar-refractivity contribution in [2.24, 2.45) is 5.92 Å². The molecule has 2 unspecified atom stereocenters. The van der Waals surface area contributed by atoms with Crippen molar-refractivity contribution in [2.75, 3.05) is 12.4 Å². The highest BCUT2D eigenvalue weighted by Gasteiger charge is 2.25. The molecule has 1 aromatic heterocycles. The molecule has 192 valence electrons. The van der Waals surface area contributed by atoms with Crippen LogP contribution < -0.4 is 14.8 Å². The number of ketones is 1. The van der Waals surface area contributed by atoms with E-state index in [0.29, 0.717) is 52.6 Å². The van der Waals surface area contributed by atoms with Crippen LogP contribution in [0, 0.1) is 5.92 Å². The van der Waals surface area contributed by atoms with Crippen LogP contribution in [0.4, 0.5) is 5.69 Å². The van der Waals surface area contributed by atoms with E-state index in [0.717, 1.165) is 0 Å². The fourth-order valence-corrected chi connectivity index (χ4v) is 4.61. The zero-order valence-electron chi connectivity index (χ0n) is 21.6. The van der Waals surface area contributed by atoms with Crippen LogP contribution in [0.2, 0.25) is 0 Å². The number of nitrogens with one attached hydrogen (secondary N) is 1.